The average Bonchev–Trinajstić information content (AvgIpc) is 3.42. The molecule has 8 nitrogen and oxygen atoms in total. The van der Waals surface area contributed by atoms with Gasteiger partial charge in [0.1, 0.15) is 12.7 Å². The van der Waals surface area contributed by atoms with Crippen LogP contribution in [0.4, 0.5) is 0 Å². The number of aromatic nitrogens is 3. The summed E-state index contributed by atoms with van der Waals surface area (Å²) in [5.74, 6) is 1.60. The summed E-state index contributed by atoms with van der Waals surface area (Å²) in [6.45, 7) is 2.50. The van der Waals surface area contributed by atoms with Crippen LogP contribution in [0, 0.1) is 0 Å². The zero-order valence-electron chi connectivity index (χ0n) is 19.5. The summed E-state index contributed by atoms with van der Waals surface area (Å²) in [5.41, 5.74) is 2.82. The third-order valence-electron chi connectivity index (χ3n) is 6.37. The Morgan fingerprint density at radius 3 is 2.42 bits per heavy atom. The number of methoxy groups -OCH3 is 2. The first-order valence-electron chi connectivity index (χ1n) is 11.2. The molecule has 0 saturated carbocycles. The number of nitrogens with zero attached hydrogens (tertiary/aromatic N) is 5. The van der Waals surface area contributed by atoms with Crippen molar-refractivity contribution in [3.63, 3.8) is 0 Å². The van der Waals surface area contributed by atoms with E-state index < -0.39 is 0 Å². The van der Waals surface area contributed by atoms with Gasteiger partial charge < -0.3 is 19.3 Å². The number of likely N-dealkylation sites (N-methyl/N-ethyl adjacent to an activating group) is 1. The molecular weight excluding hydrogens is 418 g/mol. The van der Waals surface area contributed by atoms with Gasteiger partial charge in [-0.05, 0) is 68.3 Å². The number of likely N-dealkylation sites (tertiary alicyclic amines) is 1. The smallest absolute Gasteiger partial charge is 0.253 e. The molecule has 3 aromatic rings. The molecule has 174 valence electrons. The van der Waals surface area contributed by atoms with E-state index in [4.69, 9.17) is 9.47 Å². The average molecular weight is 450 g/mol. The molecule has 0 spiro atoms. The van der Waals surface area contributed by atoms with E-state index in [9.17, 15) is 4.79 Å². The SMILES string of the molecule is COc1ccc(CCN(C)C2CCN(C(=O)c3ccc(-n4cncn4)cc3)CC2)cc1OC. The van der Waals surface area contributed by atoms with Gasteiger partial charge in [0.2, 0.25) is 0 Å². The first kappa shape index (κ1) is 22.8. The van der Waals surface area contributed by atoms with Crippen LogP contribution in [0.1, 0.15) is 28.8 Å². The maximum Gasteiger partial charge on any atom is 0.253 e. The first-order chi connectivity index (χ1) is 16.1. The van der Waals surface area contributed by atoms with E-state index in [0.29, 0.717) is 11.6 Å². The van der Waals surface area contributed by atoms with Gasteiger partial charge in [0.05, 0.1) is 19.9 Å². The molecule has 0 radical (unpaired) electrons. The van der Waals surface area contributed by atoms with Crippen LogP contribution < -0.4 is 9.47 Å². The van der Waals surface area contributed by atoms with Crippen molar-refractivity contribution < 1.29 is 14.3 Å². The number of benzene rings is 2. The molecule has 1 saturated heterocycles. The number of hydrogen-bond donors (Lipinski definition) is 0. The zero-order valence-corrected chi connectivity index (χ0v) is 19.5. The Morgan fingerprint density at radius 1 is 1.06 bits per heavy atom. The van der Waals surface area contributed by atoms with Crippen LogP contribution >= 0.6 is 0 Å². The van der Waals surface area contributed by atoms with Crippen LogP contribution in [0.25, 0.3) is 5.69 Å². The summed E-state index contributed by atoms with van der Waals surface area (Å²) in [5, 5.41) is 4.12. The number of rotatable bonds is 8. The monoisotopic (exact) mass is 449 g/mol. The molecule has 8 heteroatoms. The fourth-order valence-electron chi connectivity index (χ4n) is 4.31. The number of amides is 1. The Labute approximate surface area is 194 Å². The second-order valence-electron chi connectivity index (χ2n) is 8.33. The van der Waals surface area contributed by atoms with Crippen molar-refractivity contribution in [3.05, 3.63) is 66.2 Å². The summed E-state index contributed by atoms with van der Waals surface area (Å²) < 4.78 is 12.4. The molecule has 2 aromatic carbocycles. The third kappa shape index (κ3) is 5.34. The molecule has 1 aromatic heterocycles. The van der Waals surface area contributed by atoms with E-state index in [-0.39, 0.29) is 5.91 Å². The highest BCUT2D eigenvalue weighted by molar-refractivity contribution is 5.94. The van der Waals surface area contributed by atoms with E-state index in [0.717, 1.165) is 56.1 Å². The normalized spacial score (nSPS) is 14.5. The quantitative estimate of drug-likeness (QED) is 0.526. The Hall–Kier alpha value is -3.39. The molecule has 0 bridgehead atoms. The summed E-state index contributed by atoms with van der Waals surface area (Å²) in [6, 6.07) is 14.1. The van der Waals surface area contributed by atoms with Crippen molar-refractivity contribution in [3.8, 4) is 17.2 Å². The number of piperidine rings is 1. The molecule has 1 fully saturated rings. The van der Waals surface area contributed by atoms with Gasteiger partial charge in [0.15, 0.2) is 11.5 Å². The molecule has 0 atom stereocenters. The standard InChI is InChI=1S/C25H31N5O3/c1-28(13-10-19-4-9-23(32-2)24(16-19)33-3)21-11-14-29(15-12-21)25(31)20-5-7-22(8-6-20)30-18-26-17-27-30/h4-9,16-18,21H,10-15H2,1-3H3. The van der Waals surface area contributed by atoms with Crippen molar-refractivity contribution in [1.82, 2.24) is 24.6 Å². The van der Waals surface area contributed by atoms with E-state index in [1.165, 1.54) is 11.9 Å². The van der Waals surface area contributed by atoms with Crippen LogP contribution in [0.15, 0.2) is 55.1 Å². The molecule has 1 amide bonds. The molecule has 0 aliphatic carbocycles. The van der Waals surface area contributed by atoms with Crippen molar-refractivity contribution in [2.45, 2.75) is 25.3 Å². The van der Waals surface area contributed by atoms with Gasteiger partial charge in [-0.2, -0.15) is 5.10 Å². The second-order valence-corrected chi connectivity index (χ2v) is 8.33. The third-order valence-corrected chi connectivity index (χ3v) is 6.37. The summed E-state index contributed by atoms with van der Waals surface area (Å²) in [4.78, 5) is 21.3. The van der Waals surface area contributed by atoms with Crippen LogP contribution in [-0.4, -0.2) is 77.4 Å². The van der Waals surface area contributed by atoms with Gasteiger partial charge in [-0.15, -0.1) is 0 Å². The second kappa shape index (κ2) is 10.5. The maximum absolute atomic E-state index is 13.0. The lowest BCUT2D eigenvalue weighted by Crippen LogP contribution is -2.46. The van der Waals surface area contributed by atoms with Gasteiger partial charge in [-0.1, -0.05) is 6.07 Å². The molecular formula is C25H31N5O3. The van der Waals surface area contributed by atoms with Crippen molar-refractivity contribution >= 4 is 5.91 Å². The Balaban J connectivity index is 1.27. The van der Waals surface area contributed by atoms with Gasteiger partial charge >= 0.3 is 0 Å². The minimum Gasteiger partial charge on any atom is -0.493 e. The van der Waals surface area contributed by atoms with Gasteiger partial charge in [0.25, 0.3) is 5.91 Å². The highest BCUT2D eigenvalue weighted by atomic mass is 16.5. The lowest BCUT2D eigenvalue weighted by Gasteiger charge is -2.37. The lowest BCUT2D eigenvalue weighted by molar-refractivity contribution is 0.0647. The summed E-state index contributed by atoms with van der Waals surface area (Å²) in [7, 11) is 5.48. The highest BCUT2D eigenvalue weighted by Crippen LogP contribution is 2.28. The zero-order chi connectivity index (χ0) is 23.2. The Morgan fingerprint density at radius 2 is 1.79 bits per heavy atom. The molecule has 0 unspecified atom stereocenters. The molecule has 2 heterocycles. The summed E-state index contributed by atoms with van der Waals surface area (Å²) >= 11 is 0. The van der Waals surface area contributed by atoms with E-state index >= 15 is 0 Å². The highest BCUT2D eigenvalue weighted by Gasteiger charge is 2.26. The Kier molecular flexibility index (Phi) is 7.24. The molecule has 1 aliphatic rings. The predicted molar refractivity (Wildman–Crippen MR) is 126 cm³/mol. The predicted octanol–water partition coefficient (Wildman–Crippen LogP) is 3.06. The Bertz CT molecular complexity index is 1040. The fourth-order valence-corrected chi connectivity index (χ4v) is 4.31. The molecule has 0 N–H and O–H groups in total. The van der Waals surface area contributed by atoms with Gasteiger partial charge in [0, 0.05) is 31.2 Å². The number of carbonyl (C=O) groups excluding carboxylic acids is 1. The van der Waals surface area contributed by atoms with E-state index in [2.05, 4.69) is 28.1 Å². The van der Waals surface area contributed by atoms with E-state index in [1.807, 2.05) is 41.3 Å². The minimum absolute atomic E-state index is 0.0894. The van der Waals surface area contributed by atoms with Crippen molar-refractivity contribution in [2.75, 3.05) is 40.9 Å². The lowest BCUT2D eigenvalue weighted by atomic mass is 10.0. The van der Waals surface area contributed by atoms with Crippen LogP contribution in [0.5, 0.6) is 11.5 Å². The molecule has 4 rings (SSSR count). The van der Waals surface area contributed by atoms with E-state index in [1.54, 1.807) is 25.2 Å². The summed E-state index contributed by atoms with van der Waals surface area (Å²) in [6.07, 6.45) is 6.03. The largest absolute Gasteiger partial charge is 0.493 e. The fraction of sp³-hybridized carbons (Fsp3) is 0.400. The van der Waals surface area contributed by atoms with Gasteiger partial charge in [-0.3, -0.25) is 4.79 Å². The van der Waals surface area contributed by atoms with Crippen molar-refractivity contribution in [2.24, 2.45) is 0 Å². The van der Waals surface area contributed by atoms with Gasteiger partial charge in [-0.25, -0.2) is 9.67 Å². The van der Waals surface area contributed by atoms with Crippen LogP contribution in [0.2, 0.25) is 0 Å². The number of hydrogen-bond acceptors (Lipinski definition) is 6. The molecule has 1 aliphatic heterocycles. The first-order valence-corrected chi connectivity index (χ1v) is 11.2. The number of carbonyl (C=O) groups is 1. The molecule has 33 heavy (non-hydrogen) atoms. The topological polar surface area (TPSA) is 72.7 Å². The van der Waals surface area contributed by atoms with Crippen molar-refractivity contribution in [1.29, 1.82) is 0 Å². The van der Waals surface area contributed by atoms with Crippen LogP contribution in [0.3, 0.4) is 0 Å². The minimum atomic E-state index is 0.0894. The number of ether oxygens (including phenoxy) is 2. The maximum atomic E-state index is 13.0. The van der Waals surface area contributed by atoms with Crippen LogP contribution in [-0.2, 0) is 6.42 Å².